The van der Waals surface area contributed by atoms with E-state index in [1.54, 1.807) is 36.4 Å². The molecule has 0 aliphatic heterocycles. The third kappa shape index (κ3) is 4.81. The van der Waals surface area contributed by atoms with Crippen LogP contribution < -0.4 is 9.66 Å². The number of aryl methyl sites for hydroxylation is 2. The van der Waals surface area contributed by atoms with Gasteiger partial charge in [-0.3, -0.25) is 0 Å². The molecular weight excluding hydrogens is 448 g/mol. The number of nitrogens with one attached hydrogen (secondary N) is 2. The Morgan fingerprint density at radius 2 is 0.969 bits per heavy atom. The van der Waals surface area contributed by atoms with Crippen molar-refractivity contribution in [3.63, 3.8) is 0 Å². The monoisotopic (exact) mass is 470 g/mol. The maximum Gasteiger partial charge on any atom is 0.276 e. The third-order valence-electron chi connectivity index (χ3n) is 5.12. The first kappa shape index (κ1) is 22.0. The van der Waals surface area contributed by atoms with E-state index in [9.17, 15) is 16.8 Å². The molecule has 0 saturated carbocycles. The van der Waals surface area contributed by atoms with Crippen molar-refractivity contribution in [3.05, 3.63) is 83.0 Å². The standard InChI is InChI=1S/C22H22N4O4S2/c1-15-3-7-21(8-4-15)31(27,28)25-23-19-11-17-13-20(14-18(17)12-19)24-26-32(29,30)22-9-5-16(2)6-10-22/h3-11,14,25-26H,12-13H2,1-2H3/b23-19-,24-20+. The average molecular weight is 471 g/mol. The molecule has 0 spiro atoms. The van der Waals surface area contributed by atoms with Crippen LogP contribution in [0.1, 0.15) is 24.0 Å². The van der Waals surface area contributed by atoms with Crippen molar-refractivity contribution in [3.8, 4) is 0 Å². The molecule has 10 heteroatoms. The van der Waals surface area contributed by atoms with Crippen LogP contribution in [-0.4, -0.2) is 28.3 Å². The van der Waals surface area contributed by atoms with Crippen LogP contribution in [0.2, 0.25) is 0 Å². The van der Waals surface area contributed by atoms with Crippen molar-refractivity contribution in [2.75, 3.05) is 0 Å². The van der Waals surface area contributed by atoms with Gasteiger partial charge < -0.3 is 0 Å². The lowest BCUT2D eigenvalue weighted by molar-refractivity contribution is 0.583. The number of sulfonamides is 2. The molecule has 0 heterocycles. The lowest BCUT2D eigenvalue weighted by Gasteiger charge is -2.05. The molecule has 2 N–H and O–H groups in total. The number of fused-ring (bicyclic) bond motifs is 1. The van der Waals surface area contributed by atoms with Crippen LogP contribution in [0.25, 0.3) is 0 Å². The summed E-state index contributed by atoms with van der Waals surface area (Å²) < 4.78 is 49.5. The molecule has 0 fully saturated rings. The zero-order chi connectivity index (χ0) is 22.9. The smallest absolute Gasteiger partial charge is 0.200 e. The Bertz CT molecular complexity index is 1280. The van der Waals surface area contributed by atoms with Gasteiger partial charge in [0.25, 0.3) is 20.0 Å². The molecule has 0 atom stereocenters. The normalized spacial score (nSPS) is 18.4. The first-order valence-electron chi connectivity index (χ1n) is 9.84. The van der Waals surface area contributed by atoms with Gasteiger partial charge >= 0.3 is 0 Å². The van der Waals surface area contributed by atoms with Crippen molar-refractivity contribution in [2.24, 2.45) is 10.2 Å². The highest BCUT2D eigenvalue weighted by molar-refractivity contribution is 7.89. The Morgan fingerprint density at radius 1 is 0.625 bits per heavy atom. The van der Waals surface area contributed by atoms with E-state index in [0.29, 0.717) is 24.3 Å². The Balaban J connectivity index is 1.41. The second-order valence-corrected chi connectivity index (χ2v) is 11.0. The van der Waals surface area contributed by atoms with E-state index in [4.69, 9.17) is 0 Å². The van der Waals surface area contributed by atoms with E-state index in [1.807, 2.05) is 13.8 Å². The van der Waals surface area contributed by atoms with E-state index in [2.05, 4.69) is 19.9 Å². The molecular formula is C22H22N4O4S2. The van der Waals surface area contributed by atoms with Gasteiger partial charge in [0.2, 0.25) is 0 Å². The molecule has 0 unspecified atom stereocenters. The highest BCUT2D eigenvalue weighted by Crippen LogP contribution is 2.32. The van der Waals surface area contributed by atoms with E-state index in [0.717, 1.165) is 22.3 Å². The van der Waals surface area contributed by atoms with Crippen LogP contribution in [0.4, 0.5) is 0 Å². The SMILES string of the molecule is Cc1ccc(S(=O)(=O)N/N=C2/C=C3C/C(=N\NS(=O)(=O)c4ccc(C)cc4)C=C3C2)cc1. The summed E-state index contributed by atoms with van der Waals surface area (Å²) in [5.41, 5.74) is 4.98. The first-order valence-corrected chi connectivity index (χ1v) is 12.8. The zero-order valence-corrected chi connectivity index (χ0v) is 19.2. The van der Waals surface area contributed by atoms with Crippen LogP contribution in [0, 0.1) is 13.8 Å². The Morgan fingerprint density at radius 3 is 1.31 bits per heavy atom. The maximum atomic E-state index is 12.4. The summed E-state index contributed by atoms with van der Waals surface area (Å²) >= 11 is 0. The fourth-order valence-corrected chi connectivity index (χ4v) is 5.00. The fraction of sp³-hybridized carbons (Fsp3) is 0.182. The van der Waals surface area contributed by atoms with Gasteiger partial charge in [-0.15, -0.1) is 0 Å². The summed E-state index contributed by atoms with van der Waals surface area (Å²) in [5.74, 6) is 0. The van der Waals surface area contributed by atoms with Crippen LogP contribution in [-0.2, 0) is 20.0 Å². The van der Waals surface area contributed by atoms with E-state index in [-0.39, 0.29) is 9.79 Å². The van der Waals surface area contributed by atoms with E-state index >= 15 is 0 Å². The van der Waals surface area contributed by atoms with Gasteiger partial charge in [-0.2, -0.15) is 36.7 Å². The van der Waals surface area contributed by atoms with E-state index < -0.39 is 20.0 Å². The molecule has 0 aromatic heterocycles. The molecule has 2 aliphatic rings. The summed E-state index contributed by atoms with van der Waals surface area (Å²) in [5, 5.41) is 8.09. The summed E-state index contributed by atoms with van der Waals surface area (Å²) in [6.45, 7) is 3.76. The molecule has 0 radical (unpaired) electrons. The lowest BCUT2D eigenvalue weighted by Crippen LogP contribution is -2.20. The van der Waals surface area contributed by atoms with Crippen molar-refractivity contribution < 1.29 is 16.8 Å². The predicted molar refractivity (Wildman–Crippen MR) is 123 cm³/mol. The van der Waals surface area contributed by atoms with Crippen molar-refractivity contribution in [1.29, 1.82) is 0 Å². The number of nitrogens with zero attached hydrogens (tertiary/aromatic N) is 2. The Kier molecular flexibility index (Phi) is 5.74. The van der Waals surface area contributed by atoms with Crippen LogP contribution in [0.15, 0.2) is 91.8 Å². The summed E-state index contributed by atoms with van der Waals surface area (Å²) in [6, 6.07) is 13.0. The second-order valence-electron chi connectivity index (χ2n) is 7.71. The quantitative estimate of drug-likeness (QED) is 0.631. The van der Waals surface area contributed by atoms with Gasteiger partial charge in [0.15, 0.2) is 0 Å². The molecule has 2 aliphatic carbocycles. The highest BCUT2D eigenvalue weighted by atomic mass is 32.2. The largest absolute Gasteiger partial charge is 0.276 e. The van der Waals surface area contributed by atoms with Crippen LogP contribution in [0.5, 0.6) is 0 Å². The molecule has 32 heavy (non-hydrogen) atoms. The number of hydrogen-bond donors (Lipinski definition) is 2. The fourth-order valence-electron chi connectivity index (χ4n) is 3.33. The molecule has 8 nitrogen and oxygen atoms in total. The first-order chi connectivity index (χ1) is 15.1. The maximum absolute atomic E-state index is 12.4. The Hall–Kier alpha value is -3.24. The number of rotatable bonds is 6. The molecule has 2 aromatic rings. The summed E-state index contributed by atoms with van der Waals surface area (Å²) in [7, 11) is -7.48. The molecule has 4 rings (SSSR count). The molecule has 0 amide bonds. The van der Waals surface area contributed by atoms with Gasteiger partial charge in [0.1, 0.15) is 0 Å². The van der Waals surface area contributed by atoms with Gasteiger partial charge in [-0.05, 0) is 61.4 Å². The molecule has 0 bridgehead atoms. The number of hydrazone groups is 2. The van der Waals surface area contributed by atoms with Gasteiger partial charge in [-0.1, -0.05) is 35.4 Å². The Labute approximate surface area is 187 Å². The topological polar surface area (TPSA) is 117 Å². The van der Waals surface area contributed by atoms with Gasteiger partial charge in [0.05, 0.1) is 21.2 Å². The molecule has 2 aromatic carbocycles. The minimum absolute atomic E-state index is 0.146. The van der Waals surface area contributed by atoms with Crippen molar-refractivity contribution >= 4 is 31.5 Å². The van der Waals surface area contributed by atoms with Crippen molar-refractivity contribution in [2.45, 2.75) is 36.5 Å². The third-order valence-corrected chi connectivity index (χ3v) is 7.57. The summed E-state index contributed by atoms with van der Waals surface area (Å²) in [4.78, 5) is 4.83. The lowest BCUT2D eigenvalue weighted by atomic mass is 10.2. The van der Waals surface area contributed by atoms with Gasteiger partial charge in [0, 0.05) is 12.8 Å². The second kappa shape index (κ2) is 8.36. The van der Waals surface area contributed by atoms with Crippen LogP contribution >= 0.6 is 0 Å². The minimum Gasteiger partial charge on any atom is -0.200 e. The highest BCUT2D eigenvalue weighted by Gasteiger charge is 2.25. The zero-order valence-electron chi connectivity index (χ0n) is 17.5. The molecule has 166 valence electrons. The predicted octanol–water partition coefficient (Wildman–Crippen LogP) is 2.93. The average Bonchev–Trinajstić information content (AvgIpc) is 3.30. The number of hydrogen-bond acceptors (Lipinski definition) is 6. The van der Waals surface area contributed by atoms with E-state index in [1.165, 1.54) is 24.3 Å². The van der Waals surface area contributed by atoms with Crippen LogP contribution in [0.3, 0.4) is 0 Å². The van der Waals surface area contributed by atoms with Crippen molar-refractivity contribution in [1.82, 2.24) is 9.66 Å². The van der Waals surface area contributed by atoms with Gasteiger partial charge in [-0.25, -0.2) is 0 Å². The number of benzene rings is 2. The number of allylic oxidation sites excluding steroid dienone is 4. The summed E-state index contributed by atoms with van der Waals surface area (Å²) in [6.07, 6.45) is 4.46. The molecule has 0 saturated heterocycles. The minimum atomic E-state index is -3.74.